The molecule has 2 aliphatic rings. The minimum atomic E-state index is -4.02. The molecule has 0 radical (unpaired) electrons. The van der Waals surface area contributed by atoms with Crippen LogP contribution in [0.2, 0.25) is 10.0 Å². The number of rotatable bonds is 5. The van der Waals surface area contributed by atoms with E-state index in [0.717, 1.165) is 42.8 Å². The first kappa shape index (κ1) is 20.8. The second-order valence-electron chi connectivity index (χ2n) is 7.48. The highest BCUT2D eigenvalue weighted by Crippen LogP contribution is 2.37. The number of benzene rings is 2. The first-order chi connectivity index (χ1) is 13.9. The molecule has 0 spiro atoms. The third-order valence-electron chi connectivity index (χ3n) is 5.76. The Bertz CT molecular complexity index is 1020. The summed E-state index contributed by atoms with van der Waals surface area (Å²) in [5.41, 5.74) is 1.76. The van der Waals surface area contributed by atoms with Crippen LogP contribution < -0.4 is 8.92 Å². The van der Waals surface area contributed by atoms with Crippen molar-refractivity contribution in [1.29, 1.82) is 0 Å². The van der Waals surface area contributed by atoms with E-state index >= 15 is 0 Å². The molecule has 1 aliphatic heterocycles. The first-order valence-electron chi connectivity index (χ1n) is 9.71. The molecule has 29 heavy (non-hydrogen) atoms. The SMILES string of the molecule is COc1ccc(S(=O)(=O)Oc2ccc(Cl)c(Cl)c2)c2c1C[C@@H](N1CCCC1)CC2. The first-order valence-corrected chi connectivity index (χ1v) is 11.9. The second-order valence-corrected chi connectivity index (χ2v) is 9.81. The maximum atomic E-state index is 13.1. The van der Waals surface area contributed by atoms with Crippen molar-refractivity contribution in [1.82, 2.24) is 4.90 Å². The Morgan fingerprint density at radius 1 is 1.03 bits per heavy atom. The van der Waals surface area contributed by atoms with Crippen LogP contribution in [0, 0.1) is 0 Å². The van der Waals surface area contributed by atoms with Crippen LogP contribution in [-0.4, -0.2) is 39.6 Å². The van der Waals surface area contributed by atoms with Gasteiger partial charge in [0, 0.05) is 17.7 Å². The molecule has 5 nitrogen and oxygen atoms in total. The average molecular weight is 456 g/mol. The minimum absolute atomic E-state index is 0.134. The molecule has 1 atom stereocenters. The molecule has 4 rings (SSSR count). The van der Waals surface area contributed by atoms with Crippen LogP contribution in [0.4, 0.5) is 0 Å². The van der Waals surface area contributed by atoms with Gasteiger partial charge in [0.25, 0.3) is 0 Å². The maximum absolute atomic E-state index is 13.1. The van der Waals surface area contributed by atoms with Crippen molar-refractivity contribution in [3.63, 3.8) is 0 Å². The van der Waals surface area contributed by atoms with E-state index in [2.05, 4.69) is 4.90 Å². The van der Waals surface area contributed by atoms with Crippen molar-refractivity contribution >= 4 is 33.3 Å². The smallest absolute Gasteiger partial charge is 0.339 e. The predicted octanol–water partition coefficient (Wildman–Crippen LogP) is 4.72. The molecule has 0 amide bonds. The number of hydrogen-bond donors (Lipinski definition) is 0. The highest BCUT2D eigenvalue weighted by atomic mass is 35.5. The van der Waals surface area contributed by atoms with Crippen LogP contribution >= 0.6 is 23.2 Å². The summed E-state index contributed by atoms with van der Waals surface area (Å²) in [7, 11) is -2.40. The van der Waals surface area contributed by atoms with Gasteiger partial charge in [-0.1, -0.05) is 23.2 Å². The van der Waals surface area contributed by atoms with Crippen LogP contribution in [0.5, 0.6) is 11.5 Å². The Hall–Kier alpha value is -1.47. The summed E-state index contributed by atoms with van der Waals surface area (Å²) in [6.45, 7) is 2.22. The number of halogens is 2. The number of ether oxygens (including phenoxy) is 1. The molecule has 1 heterocycles. The van der Waals surface area contributed by atoms with E-state index < -0.39 is 10.1 Å². The van der Waals surface area contributed by atoms with Crippen molar-refractivity contribution in [2.45, 2.75) is 43.0 Å². The van der Waals surface area contributed by atoms with Gasteiger partial charge in [0.2, 0.25) is 0 Å². The molecule has 156 valence electrons. The highest BCUT2D eigenvalue weighted by molar-refractivity contribution is 7.87. The molecule has 0 unspecified atom stereocenters. The largest absolute Gasteiger partial charge is 0.496 e. The molecular weight excluding hydrogens is 433 g/mol. The summed E-state index contributed by atoms with van der Waals surface area (Å²) in [6, 6.07) is 8.12. The molecule has 0 saturated carbocycles. The average Bonchev–Trinajstić information content (AvgIpc) is 3.24. The topological polar surface area (TPSA) is 55.8 Å². The van der Waals surface area contributed by atoms with Gasteiger partial charge in [0.1, 0.15) is 16.4 Å². The van der Waals surface area contributed by atoms with Crippen molar-refractivity contribution in [2.24, 2.45) is 0 Å². The molecule has 0 aromatic heterocycles. The molecule has 8 heteroatoms. The quantitative estimate of drug-likeness (QED) is 0.610. The van der Waals surface area contributed by atoms with Crippen LogP contribution in [0.1, 0.15) is 30.4 Å². The summed E-state index contributed by atoms with van der Waals surface area (Å²) in [4.78, 5) is 2.70. The van der Waals surface area contributed by atoms with Gasteiger partial charge < -0.3 is 13.8 Å². The lowest BCUT2D eigenvalue weighted by molar-refractivity contribution is 0.219. The fourth-order valence-electron chi connectivity index (χ4n) is 4.34. The summed E-state index contributed by atoms with van der Waals surface area (Å²) in [5.74, 6) is 0.868. The van der Waals surface area contributed by atoms with Crippen LogP contribution in [0.3, 0.4) is 0 Å². The lowest BCUT2D eigenvalue weighted by Gasteiger charge is -2.33. The van der Waals surface area contributed by atoms with Crippen molar-refractivity contribution in [3.05, 3.63) is 51.5 Å². The van der Waals surface area contributed by atoms with E-state index in [1.807, 2.05) is 0 Å². The van der Waals surface area contributed by atoms with Gasteiger partial charge in [-0.2, -0.15) is 8.42 Å². The number of hydrogen-bond acceptors (Lipinski definition) is 5. The highest BCUT2D eigenvalue weighted by Gasteiger charge is 2.32. The molecule has 1 saturated heterocycles. The van der Waals surface area contributed by atoms with Crippen LogP contribution in [0.25, 0.3) is 0 Å². The lowest BCUT2D eigenvalue weighted by atomic mass is 9.87. The third-order valence-corrected chi connectivity index (χ3v) is 7.83. The zero-order valence-electron chi connectivity index (χ0n) is 16.2. The van der Waals surface area contributed by atoms with Crippen molar-refractivity contribution in [3.8, 4) is 11.5 Å². The Morgan fingerprint density at radius 3 is 2.48 bits per heavy atom. The van der Waals surface area contributed by atoms with E-state index in [1.165, 1.54) is 31.0 Å². The van der Waals surface area contributed by atoms with Crippen molar-refractivity contribution in [2.75, 3.05) is 20.2 Å². The van der Waals surface area contributed by atoms with E-state index in [9.17, 15) is 8.42 Å². The standard InChI is InChI=1S/C21H23Cl2NO4S/c1-27-20-8-9-21(29(25,26)28-15-5-7-18(22)19(23)13-15)16-6-4-14(12-17(16)20)24-10-2-3-11-24/h5,7-9,13-14H,2-4,6,10-12H2,1H3/t14-/m0/s1. The Balaban J connectivity index is 1.67. The molecule has 2 aromatic rings. The minimum Gasteiger partial charge on any atom is -0.496 e. The molecular formula is C21H23Cl2NO4S. The summed E-state index contributed by atoms with van der Waals surface area (Å²) in [6.07, 6.45) is 4.84. The van der Waals surface area contributed by atoms with Crippen LogP contribution in [0.15, 0.2) is 35.2 Å². The summed E-state index contributed by atoms with van der Waals surface area (Å²) < 4.78 is 37.0. The molecule has 0 bridgehead atoms. The monoisotopic (exact) mass is 455 g/mol. The van der Waals surface area contributed by atoms with Gasteiger partial charge in [-0.15, -0.1) is 0 Å². The van der Waals surface area contributed by atoms with Gasteiger partial charge in [0.15, 0.2) is 0 Å². The fourth-order valence-corrected chi connectivity index (χ4v) is 5.84. The van der Waals surface area contributed by atoms with Gasteiger partial charge in [0.05, 0.1) is 17.2 Å². The molecule has 1 fully saturated rings. The van der Waals surface area contributed by atoms with Gasteiger partial charge in [-0.3, -0.25) is 0 Å². The molecule has 1 aliphatic carbocycles. The van der Waals surface area contributed by atoms with E-state index in [4.69, 9.17) is 32.1 Å². The fraction of sp³-hybridized carbons (Fsp3) is 0.429. The van der Waals surface area contributed by atoms with E-state index in [-0.39, 0.29) is 15.7 Å². The van der Waals surface area contributed by atoms with Crippen LogP contribution in [-0.2, 0) is 23.0 Å². The van der Waals surface area contributed by atoms with E-state index in [1.54, 1.807) is 19.2 Å². The number of fused-ring (bicyclic) bond motifs is 1. The number of nitrogens with zero attached hydrogens (tertiary/aromatic N) is 1. The zero-order valence-corrected chi connectivity index (χ0v) is 18.5. The summed E-state index contributed by atoms with van der Waals surface area (Å²) >= 11 is 11.9. The second kappa shape index (κ2) is 8.34. The Labute approximate surface area is 181 Å². The molecule has 2 aromatic carbocycles. The van der Waals surface area contributed by atoms with Gasteiger partial charge in [-0.25, -0.2) is 0 Å². The van der Waals surface area contributed by atoms with Gasteiger partial charge >= 0.3 is 10.1 Å². The zero-order chi connectivity index (χ0) is 20.6. The summed E-state index contributed by atoms with van der Waals surface area (Å²) in [5, 5.41) is 0.579. The van der Waals surface area contributed by atoms with Crippen molar-refractivity contribution < 1.29 is 17.3 Å². The third kappa shape index (κ3) is 4.22. The predicted molar refractivity (Wildman–Crippen MR) is 114 cm³/mol. The Kier molecular flexibility index (Phi) is 5.98. The number of likely N-dealkylation sites (tertiary alicyclic amines) is 1. The Morgan fingerprint density at radius 2 is 1.79 bits per heavy atom. The lowest BCUT2D eigenvalue weighted by Crippen LogP contribution is -2.37. The normalized spacial score (nSPS) is 19.8. The van der Waals surface area contributed by atoms with Gasteiger partial charge in [-0.05, 0) is 75.0 Å². The van der Waals surface area contributed by atoms with E-state index in [0.29, 0.717) is 17.5 Å². The maximum Gasteiger partial charge on any atom is 0.339 e. The molecule has 0 N–H and O–H groups in total. The number of methoxy groups -OCH3 is 1.